The van der Waals surface area contributed by atoms with Gasteiger partial charge in [-0.25, -0.2) is 18.4 Å². The van der Waals surface area contributed by atoms with Crippen molar-refractivity contribution in [1.29, 1.82) is 0 Å². The van der Waals surface area contributed by atoms with Crippen molar-refractivity contribution in [2.24, 2.45) is 5.92 Å². The van der Waals surface area contributed by atoms with Gasteiger partial charge in [-0.1, -0.05) is 12.1 Å². The summed E-state index contributed by atoms with van der Waals surface area (Å²) in [6.07, 6.45) is 6.63. The average Bonchev–Trinajstić information content (AvgIpc) is 2.67. The van der Waals surface area contributed by atoms with Gasteiger partial charge in [-0.15, -0.1) is 0 Å². The first-order valence-corrected chi connectivity index (χ1v) is 10.8. The lowest BCUT2D eigenvalue weighted by Crippen LogP contribution is -2.26. The van der Waals surface area contributed by atoms with Gasteiger partial charge in [0.25, 0.3) is 0 Å². The molecule has 0 radical (unpaired) electrons. The Balaban J connectivity index is 1.83. The quantitative estimate of drug-likeness (QED) is 0.815. The minimum Gasteiger partial charge on any atom is -0.381 e. The van der Waals surface area contributed by atoms with Crippen LogP contribution < -0.4 is 5.32 Å². The zero-order valence-corrected chi connectivity index (χ0v) is 16.0. The van der Waals surface area contributed by atoms with E-state index in [0.717, 1.165) is 18.4 Å². The van der Waals surface area contributed by atoms with E-state index in [0.29, 0.717) is 31.4 Å². The summed E-state index contributed by atoms with van der Waals surface area (Å²) in [4.78, 5) is 21.1. The van der Waals surface area contributed by atoms with Crippen LogP contribution in [-0.4, -0.2) is 43.8 Å². The molecule has 1 unspecified atom stereocenters. The maximum Gasteiger partial charge on any atom is 0.233 e. The highest BCUT2D eigenvalue weighted by atomic mass is 32.2. The Morgan fingerprint density at radius 2 is 1.93 bits per heavy atom. The fourth-order valence-corrected chi connectivity index (χ4v) is 3.87. The van der Waals surface area contributed by atoms with E-state index in [1.807, 2.05) is 0 Å². The number of carbonyl (C=O) groups excluding carboxylic acids is 1. The Kier molecular flexibility index (Phi) is 6.18. The summed E-state index contributed by atoms with van der Waals surface area (Å²) in [5.74, 6) is 0.276. The summed E-state index contributed by atoms with van der Waals surface area (Å²) in [6, 6.07) is 8.19. The van der Waals surface area contributed by atoms with Gasteiger partial charge in [-0.3, -0.25) is 4.79 Å². The van der Waals surface area contributed by atoms with Crippen LogP contribution in [0.25, 0.3) is 0 Å². The molecular weight excluding hydrogens is 366 g/mol. The molecule has 0 bridgehead atoms. The topological polar surface area (TPSA) is 98.2 Å². The first kappa shape index (κ1) is 19.4. The van der Waals surface area contributed by atoms with E-state index in [-0.39, 0.29) is 10.8 Å². The Bertz CT molecular complexity index is 864. The van der Waals surface area contributed by atoms with Gasteiger partial charge in [0.15, 0.2) is 9.84 Å². The Morgan fingerprint density at radius 1 is 1.22 bits per heavy atom. The van der Waals surface area contributed by atoms with Crippen LogP contribution >= 0.6 is 0 Å². The second-order valence-electron chi connectivity index (χ2n) is 6.77. The summed E-state index contributed by atoms with van der Waals surface area (Å²) in [6.45, 7) is 1.41. The molecule has 1 amide bonds. The maximum atomic E-state index is 12.9. The van der Waals surface area contributed by atoms with E-state index in [9.17, 15) is 13.2 Å². The smallest absolute Gasteiger partial charge is 0.233 e. The zero-order valence-electron chi connectivity index (χ0n) is 15.2. The summed E-state index contributed by atoms with van der Waals surface area (Å²) in [5, 5.41) is 2.84. The first-order valence-electron chi connectivity index (χ1n) is 8.88. The molecule has 0 spiro atoms. The normalized spacial score (nSPS) is 16.6. The summed E-state index contributed by atoms with van der Waals surface area (Å²) >= 11 is 0. The van der Waals surface area contributed by atoms with Crippen molar-refractivity contribution in [3.8, 4) is 0 Å². The maximum absolute atomic E-state index is 12.9. The number of hydrogen-bond donors (Lipinski definition) is 1. The lowest BCUT2D eigenvalue weighted by Gasteiger charge is -2.26. The summed E-state index contributed by atoms with van der Waals surface area (Å²) < 4.78 is 28.8. The van der Waals surface area contributed by atoms with Gasteiger partial charge in [-0.05, 0) is 48.9 Å². The van der Waals surface area contributed by atoms with E-state index in [4.69, 9.17) is 4.74 Å². The largest absolute Gasteiger partial charge is 0.381 e. The highest BCUT2D eigenvalue weighted by Gasteiger charge is 2.26. The molecule has 0 aliphatic carbocycles. The van der Waals surface area contributed by atoms with Crippen molar-refractivity contribution in [2.75, 3.05) is 24.8 Å². The third-order valence-corrected chi connectivity index (χ3v) is 5.90. The predicted octanol–water partition coefficient (Wildman–Crippen LogP) is 2.42. The van der Waals surface area contributed by atoms with Crippen molar-refractivity contribution in [3.05, 3.63) is 48.4 Å². The standard InChI is InChI=1S/C19H23N3O4S/c1-27(24,25)16-4-2-15(3-5-16)17(12-14-7-10-26-11-8-14)19(23)22-18-6-9-20-13-21-18/h2-6,9,13-14,17H,7-8,10-12H2,1H3,(H,20,21,22,23). The number of nitrogens with zero attached hydrogens (tertiary/aromatic N) is 2. The molecule has 1 fully saturated rings. The number of carbonyl (C=O) groups is 1. The highest BCUT2D eigenvalue weighted by Crippen LogP contribution is 2.31. The molecule has 1 saturated heterocycles. The second-order valence-corrected chi connectivity index (χ2v) is 8.78. The number of aromatic nitrogens is 2. The molecule has 1 aliphatic heterocycles. The molecule has 2 heterocycles. The fraction of sp³-hybridized carbons (Fsp3) is 0.421. The van der Waals surface area contributed by atoms with Crippen molar-refractivity contribution < 1.29 is 17.9 Å². The van der Waals surface area contributed by atoms with Crippen molar-refractivity contribution in [1.82, 2.24) is 9.97 Å². The van der Waals surface area contributed by atoms with E-state index in [1.54, 1.807) is 36.5 Å². The van der Waals surface area contributed by atoms with E-state index in [2.05, 4.69) is 15.3 Å². The molecule has 2 aromatic rings. The van der Waals surface area contributed by atoms with Crippen molar-refractivity contribution >= 4 is 21.6 Å². The number of ether oxygens (including phenoxy) is 1. The van der Waals surface area contributed by atoms with Crippen LogP contribution in [0.1, 0.15) is 30.7 Å². The monoisotopic (exact) mass is 389 g/mol. The Hall–Kier alpha value is -2.32. The van der Waals surface area contributed by atoms with Crippen LogP contribution in [-0.2, 0) is 19.4 Å². The molecule has 27 heavy (non-hydrogen) atoms. The number of anilines is 1. The lowest BCUT2D eigenvalue weighted by molar-refractivity contribution is -0.118. The molecule has 7 nitrogen and oxygen atoms in total. The first-order chi connectivity index (χ1) is 12.9. The predicted molar refractivity (Wildman–Crippen MR) is 101 cm³/mol. The van der Waals surface area contributed by atoms with Crippen LogP contribution in [0.15, 0.2) is 47.8 Å². The molecule has 3 rings (SSSR count). The number of benzene rings is 1. The zero-order chi connectivity index (χ0) is 19.3. The number of nitrogens with one attached hydrogen (secondary N) is 1. The highest BCUT2D eigenvalue weighted by molar-refractivity contribution is 7.90. The third kappa shape index (κ3) is 5.33. The fourth-order valence-electron chi connectivity index (χ4n) is 3.24. The Morgan fingerprint density at radius 3 is 2.52 bits per heavy atom. The Labute approximate surface area is 159 Å². The van der Waals surface area contributed by atoms with E-state index in [1.165, 1.54) is 12.6 Å². The molecule has 1 aliphatic rings. The van der Waals surface area contributed by atoms with Crippen molar-refractivity contribution in [3.63, 3.8) is 0 Å². The van der Waals surface area contributed by atoms with Crippen LogP contribution in [0.2, 0.25) is 0 Å². The van der Waals surface area contributed by atoms with Gasteiger partial charge in [0.05, 0.1) is 10.8 Å². The SMILES string of the molecule is CS(=O)(=O)c1ccc(C(CC2CCOCC2)C(=O)Nc2ccncn2)cc1. The minimum atomic E-state index is -3.28. The number of sulfone groups is 1. The van der Waals surface area contributed by atoms with Gasteiger partial charge in [0, 0.05) is 25.7 Å². The minimum absolute atomic E-state index is 0.160. The number of amides is 1. The molecule has 0 saturated carbocycles. The van der Waals surface area contributed by atoms with E-state index >= 15 is 0 Å². The third-order valence-electron chi connectivity index (χ3n) is 4.77. The molecule has 8 heteroatoms. The van der Waals surface area contributed by atoms with Crippen LogP contribution in [0.4, 0.5) is 5.82 Å². The molecule has 1 aromatic heterocycles. The van der Waals surface area contributed by atoms with Gasteiger partial charge in [-0.2, -0.15) is 0 Å². The van der Waals surface area contributed by atoms with Gasteiger partial charge in [0.2, 0.25) is 5.91 Å². The average molecular weight is 389 g/mol. The molecule has 1 atom stereocenters. The molecular formula is C19H23N3O4S. The number of hydrogen-bond acceptors (Lipinski definition) is 6. The summed E-state index contributed by atoms with van der Waals surface area (Å²) in [5.41, 5.74) is 0.792. The molecule has 1 aromatic carbocycles. The van der Waals surface area contributed by atoms with E-state index < -0.39 is 15.8 Å². The van der Waals surface area contributed by atoms with Gasteiger partial charge in [0.1, 0.15) is 12.1 Å². The van der Waals surface area contributed by atoms with Crippen LogP contribution in [0, 0.1) is 5.92 Å². The summed E-state index contributed by atoms with van der Waals surface area (Å²) in [7, 11) is -3.28. The number of rotatable bonds is 6. The van der Waals surface area contributed by atoms with Crippen molar-refractivity contribution in [2.45, 2.75) is 30.1 Å². The van der Waals surface area contributed by atoms with Gasteiger partial charge < -0.3 is 10.1 Å². The molecule has 1 N–H and O–H groups in total. The second kappa shape index (κ2) is 8.58. The van der Waals surface area contributed by atoms with Crippen LogP contribution in [0.3, 0.4) is 0 Å². The lowest BCUT2D eigenvalue weighted by atomic mass is 9.84. The van der Waals surface area contributed by atoms with Gasteiger partial charge >= 0.3 is 0 Å². The molecule has 144 valence electrons. The van der Waals surface area contributed by atoms with Crippen LogP contribution in [0.5, 0.6) is 0 Å².